The molecule has 34 heavy (non-hydrogen) atoms. The summed E-state index contributed by atoms with van der Waals surface area (Å²) < 4.78 is 17.1. The Balaban J connectivity index is 1.69. The third kappa shape index (κ3) is 7.33. The van der Waals surface area contributed by atoms with E-state index >= 15 is 0 Å². The highest BCUT2D eigenvalue weighted by molar-refractivity contribution is 5.67. The number of hydrogen-bond donors (Lipinski definition) is 1. The van der Waals surface area contributed by atoms with Crippen molar-refractivity contribution in [2.24, 2.45) is 0 Å². The van der Waals surface area contributed by atoms with Crippen LogP contribution in [0.25, 0.3) is 0 Å². The second kappa shape index (κ2) is 11.8. The Hall–Kier alpha value is -3.87. The molecule has 180 valence electrons. The van der Waals surface area contributed by atoms with Gasteiger partial charge in [0.15, 0.2) is 0 Å². The van der Waals surface area contributed by atoms with Crippen molar-refractivity contribution in [2.45, 2.75) is 19.3 Å². The molecule has 1 unspecified atom stereocenters. The Kier molecular flexibility index (Phi) is 8.62. The first-order chi connectivity index (χ1) is 16.3. The molecule has 1 amide bonds. The highest BCUT2D eigenvalue weighted by Gasteiger charge is 2.18. The summed E-state index contributed by atoms with van der Waals surface area (Å²) in [6.45, 7) is 0.356. The molecule has 0 saturated heterocycles. The lowest BCUT2D eigenvalue weighted by atomic mass is 10.1. The lowest BCUT2D eigenvalue weighted by molar-refractivity contribution is -0.0313. The number of carbonyl (C=O) groups is 1. The molecule has 7 nitrogen and oxygen atoms in total. The summed E-state index contributed by atoms with van der Waals surface area (Å²) >= 11 is 0. The predicted octanol–water partition coefficient (Wildman–Crippen LogP) is 4.70. The topological polar surface area (TPSA) is 63.3 Å². The van der Waals surface area contributed by atoms with Crippen LogP contribution in [0, 0.1) is 0 Å². The van der Waals surface area contributed by atoms with Crippen molar-refractivity contribution in [3.8, 4) is 11.5 Å². The maximum absolute atomic E-state index is 12.6. The molecule has 0 spiro atoms. The van der Waals surface area contributed by atoms with Gasteiger partial charge < -0.3 is 29.3 Å². The number of amides is 1. The Morgan fingerprint density at radius 1 is 0.824 bits per heavy atom. The number of anilines is 2. The number of rotatable bonds is 10. The normalized spacial score (nSPS) is 11.3. The van der Waals surface area contributed by atoms with Crippen LogP contribution < -0.4 is 24.6 Å². The second-order valence-corrected chi connectivity index (χ2v) is 8.31. The standard InChI is InChI=1S/C27H33N3O4/c1-29(2)22-14-12-20(13-15-22)19-28-27(31)34-26(17-21-8-6-10-24(16-21)32-5)33-25-11-7-9-23(18-25)30(3)4/h6-16,18,26H,17,19H2,1-5H3,(H,28,31). The van der Waals surface area contributed by atoms with E-state index < -0.39 is 12.4 Å². The highest BCUT2D eigenvalue weighted by Crippen LogP contribution is 2.23. The maximum Gasteiger partial charge on any atom is 0.410 e. The number of hydrogen-bond acceptors (Lipinski definition) is 6. The summed E-state index contributed by atoms with van der Waals surface area (Å²) in [5.74, 6) is 1.35. The molecule has 7 heteroatoms. The summed E-state index contributed by atoms with van der Waals surface area (Å²) in [6.07, 6.45) is -0.997. The van der Waals surface area contributed by atoms with Gasteiger partial charge in [0.25, 0.3) is 0 Å². The molecule has 3 rings (SSSR count). The van der Waals surface area contributed by atoms with Crippen molar-refractivity contribution >= 4 is 17.5 Å². The third-order valence-corrected chi connectivity index (χ3v) is 5.27. The summed E-state index contributed by atoms with van der Waals surface area (Å²) in [6, 6.07) is 23.2. The van der Waals surface area contributed by atoms with Gasteiger partial charge in [-0.05, 0) is 47.5 Å². The minimum absolute atomic E-state index is 0.356. The van der Waals surface area contributed by atoms with Gasteiger partial charge in [0.05, 0.1) is 7.11 Å². The van der Waals surface area contributed by atoms with E-state index in [1.165, 1.54) is 0 Å². The van der Waals surface area contributed by atoms with Crippen LogP contribution in [0.1, 0.15) is 11.1 Å². The Morgan fingerprint density at radius 3 is 2.18 bits per heavy atom. The first-order valence-electron chi connectivity index (χ1n) is 11.1. The van der Waals surface area contributed by atoms with E-state index in [1.807, 2.05) is 111 Å². The van der Waals surface area contributed by atoms with Gasteiger partial charge in [-0.1, -0.05) is 30.3 Å². The summed E-state index contributed by atoms with van der Waals surface area (Å²) in [4.78, 5) is 16.6. The van der Waals surface area contributed by atoms with E-state index in [2.05, 4.69) is 5.32 Å². The van der Waals surface area contributed by atoms with Crippen molar-refractivity contribution in [3.05, 3.63) is 83.9 Å². The molecule has 0 saturated carbocycles. The van der Waals surface area contributed by atoms with Crippen LogP contribution in [0.2, 0.25) is 0 Å². The van der Waals surface area contributed by atoms with Crippen LogP contribution in [-0.4, -0.2) is 47.7 Å². The monoisotopic (exact) mass is 463 g/mol. The lowest BCUT2D eigenvalue weighted by Crippen LogP contribution is -2.33. The van der Waals surface area contributed by atoms with Crippen molar-refractivity contribution in [1.29, 1.82) is 0 Å². The number of nitrogens with zero attached hydrogens (tertiary/aromatic N) is 2. The highest BCUT2D eigenvalue weighted by atomic mass is 16.7. The smallest absolute Gasteiger partial charge is 0.410 e. The van der Waals surface area contributed by atoms with Crippen molar-refractivity contribution < 1.29 is 19.0 Å². The molecule has 1 N–H and O–H groups in total. The molecule has 3 aromatic carbocycles. The Bertz CT molecular complexity index is 1070. The lowest BCUT2D eigenvalue weighted by Gasteiger charge is -2.21. The van der Waals surface area contributed by atoms with Gasteiger partial charge in [0, 0.05) is 58.6 Å². The van der Waals surface area contributed by atoms with Crippen molar-refractivity contribution in [2.75, 3.05) is 45.1 Å². The quantitative estimate of drug-likeness (QED) is 0.440. The SMILES string of the molecule is COc1cccc(CC(OC(=O)NCc2ccc(N(C)C)cc2)Oc2cccc(N(C)C)c2)c1. The Morgan fingerprint density at radius 2 is 1.50 bits per heavy atom. The molecule has 0 aliphatic carbocycles. The summed E-state index contributed by atoms with van der Waals surface area (Å²) in [5.41, 5.74) is 3.99. The van der Waals surface area contributed by atoms with Gasteiger partial charge >= 0.3 is 6.09 Å². The molecule has 3 aromatic rings. The second-order valence-electron chi connectivity index (χ2n) is 8.31. The fourth-order valence-electron chi connectivity index (χ4n) is 3.33. The molecular formula is C27H33N3O4. The zero-order valence-electron chi connectivity index (χ0n) is 20.4. The molecular weight excluding hydrogens is 430 g/mol. The Labute approximate surface area is 201 Å². The van der Waals surface area contributed by atoms with E-state index in [-0.39, 0.29) is 0 Å². The fraction of sp³-hybridized carbons (Fsp3) is 0.296. The molecule has 0 radical (unpaired) electrons. The molecule has 0 aromatic heterocycles. The average molecular weight is 464 g/mol. The van der Waals surface area contributed by atoms with Crippen LogP contribution in [0.15, 0.2) is 72.8 Å². The number of alkyl carbamates (subject to hydrolysis) is 1. The van der Waals surface area contributed by atoms with Crippen LogP contribution >= 0.6 is 0 Å². The van der Waals surface area contributed by atoms with E-state index in [4.69, 9.17) is 14.2 Å². The number of ether oxygens (including phenoxy) is 3. The molecule has 0 aliphatic heterocycles. The summed E-state index contributed by atoms with van der Waals surface area (Å²) in [7, 11) is 9.52. The molecule has 1 atom stereocenters. The largest absolute Gasteiger partial charge is 0.497 e. The zero-order chi connectivity index (χ0) is 24.5. The first-order valence-corrected chi connectivity index (χ1v) is 11.1. The number of methoxy groups -OCH3 is 1. The molecule has 0 heterocycles. The van der Waals surface area contributed by atoms with Gasteiger partial charge in [0.2, 0.25) is 6.29 Å². The molecule has 0 aliphatic rings. The van der Waals surface area contributed by atoms with Crippen molar-refractivity contribution in [3.63, 3.8) is 0 Å². The maximum atomic E-state index is 12.6. The minimum atomic E-state index is -0.819. The van der Waals surface area contributed by atoms with Gasteiger partial charge in [0.1, 0.15) is 11.5 Å². The van der Waals surface area contributed by atoms with E-state index in [0.29, 0.717) is 18.7 Å². The van der Waals surface area contributed by atoms with Crippen LogP contribution in [0.3, 0.4) is 0 Å². The number of benzene rings is 3. The van der Waals surface area contributed by atoms with Gasteiger partial charge in [-0.2, -0.15) is 0 Å². The van der Waals surface area contributed by atoms with E-state index in [9.17, 15) is 4.79 Å². The predicted molar refractivity (Wildman–Crippen MR) is 136 cm³/mol. The summed E-state index contributed by atoms with van der Waals surface area (Å²) in [5, 5.41) is 2.81. The van der Waals surface area contributed by atoms with Crippen LogP contribution in [0.4, 0.5) is 16.2 Å². The number of nitrogens with one attached hydrogen (secondary N) is 1. The zero-order valence-corrected chi connectivity index (χ0v) is 20.4. The van der Waals surface area contributed by atoms with Crippen molar-refractivity contribution in [1.82, 2.24) is 5.32 Å². The van der Waals surface area contributed by atoms with Gasteiger partial charge in [-0.25, -0.2) is 4.79 Å². The molecule has 0 bridgehead atoms. The third-order valence-electron chi connectivity index (χ3n) is 5.27. The molecule has 0 fully saturated rings. The minimum Gasteiger partial charge on any atom is -0.497 e. The average Bonchev–Trinajstić information content (AvgIpc) is 2.83. The van der Waals surface area contributed by atoms with Crippen LogP contribution in [0.5, 0.6) is 11.5 Å². The van der Waals surface area contributed by atoms with Gasteiger partial charge in [-0.3, -0.25) is 0 Å². The fourth-order valence-corrected chi connectivity index (χ4v) is 3.33. The van der Waals surface area contributed by atoms with Crippen LogP contribution in [-0.2, 0) is 17.7 Å². The first kappa shape index (κ1) is 24.8. The van der Waals surface area contributed by atoms with E-state index in [0.717, 1.165) is 28.3 Å². The van der Waals surface area contributed by atoms with Gasteiger partial charge in [-0.15, -0.1) is 0 Å². The van der Waals surface area contributed by atoms with E-state index in [1.54, 1.807) is 7.11 Å². The number of carbonyl (C=O) groups excluding carboxylic acids is 1.